The third kappa shape index (κ3) is 5.54. The normalized spacial score (nSPS) is 13.1. The van der Waals surface area contributed by atoms with Gasteiger partial charge >= 0.3 is 0 Å². The number of rotatable bonds is 5. The number of hydrogen-bond acceptors (Lipinski definition) is 5. The quantitative estimate of drug-likeness (QED) is 0.173. The second-order valence-corrected chi connectivity index (χ2v) is 20.2. The smallest absolute Gasteiger partial charge is 0.161 e. The molecule has 5 heteroatoms. The summed E-state index contributed by atoms with van der Waals surface area (Å²) in [4.78, 5) is 11.0. The molecule has 0 radical (unpaired) electrons. The maximum Gasteiger partial charge on any atom is 0.161 e. The van der Waals surface area contributed by atoms with Crippen LogP contribution in [-0.2, 0) is 5.41 Å². The molecule has 0 amide bonds. The minimum absolute atomic E-state index is 0.0624. The molecular weight excluding hydrogens is 841 g/mol. The van der Waals surface area contributed by atoms with Crippen LogP contribution in [0.2, 0.25) is 0 Å². The molecular formula is C61H38N2OS2. The SMILES string of the molecule is CC1(C)c2ccccc2-c2c(-c3cccc(-c4ccc5oc6cccc(-c7cc(-c8cccc9sc%10ccccc%10c89)nc(-c8cccc9sc%10ccccc%10c89)n7)c6c5c4)c3)cccc21. The van der Waals surface area contributed by atoms with Crippen LogP contribution in [0.4, 0.5) is 0 Å². The third-order valence-electron chi connectivity index (χ3n) is 13.9. The van der Waals surface area contributed by atoms with Crippen LogP contribution in [0.3, 0.4) is 0 Å². The van der Waals surface area contributed by atoms with Gasteiger partial charge in [0.2, 0.25) is 0 Å². The maximum atomic E-state index is 6.68. The zero-order valence-corrected chi connectivity index (χ0v) is 37.7. The van der Waals surface area contributed by atoms with Crippen LogP contribution in [0.5, 0.6) is 0 Å². The predicted molar refractivity (Wildman–Crippen MR) is 280 cm³/mol. The van der Waals surface area contributed by atoms with Crippen LogP contribution in [-0.4, -0.2) is 9.97 Å². The molecule has 66 heavy (non-hydrogen) atoms. The van der Waals surface area contributed by atoms with Crippen molar-refractivity contribution in [3.8, 4) is 67.3 Å². The fraction of sp³-hybridized carbons (Fsp3) is 0.0492. The van der Waals surface area contributed by atoms with Gasteiger partial charge in [0.05, 0.1) is 11.4 Å². The number of nitrogens with zero attached hydrogens (tertiary/aromatic N) is 2. The van der Waals surface area contributed by atoms with Crippen molar-refractivity contribution in [3.05, 3.63) is 205 Å². The summed E-state index contributed by atoms with van der Waals surface area (Å²) < 4.78 is 11.7. The minimum atomic E-state index is -0.0624. The number of hydrogen-bond donors (Lipinski definition) is 0. The van der Waals surface area contributed by atoms with Crippen LogP contribution < -0.4 is 0 Å². The Morgan fingerprint density at radius 1 is 0.379 bits per heavy atom. The number of thiophene rings is 2. The van der Waals surface area contributed by atoms with Crippen molar-refractivity contribution >= 4 is 85.0 Å². The van der Waals surface area contributed by atoms with Crippen LogP contribution >= 0.6 is 22.7 Å². The lowest BCUT2D eigenvalue weighted by molar-refractivity contribution is 0.660. The zero-order valence-electron chi connectivity index (χ0n) is 36.1. The van der Waals surface area contributed by atoms with Crippen molar-refractivity contribution in [2.75, 3.05) is 0 Å². The van der Waals surface area contributed by atoms with Crippen molar-refractivity contribution in [1.29, 1.82) is 0 Å². The lowest BCUT2D eigenvalue weighted by atomic mass is 9.82. The van der Waals surface area contributed by atoms with Gasteiger partial charge in [-0.3, -0.25) is 0 Å². The van der Waals surface area contributed by atoms with Gasteiger partial charge in [0.25, 0.3) is 0 Å². The monoisotopic (exact) mass is 878 g/mol. The molecule has 0 fully saturated rings. The molecule has 0 bridgehead atoms. The summed E-state index contributed by atoms with van der Waals surface area (Å²) in [6, 6.07) is 70.4. The molecule has 310 valence electrons. The Labute approximate surface area is 388 Å². The standard InChI is InChI=1S/C61H38N2OS2/c1-61(2)46-23-6-3-16-39(46)56-38(19-10-24-47(56)61)37-15-9-14-35(32-37)36-30-31-50-45(33-36)57-40(20-11-25-51(57)64-50)48-34-49(41-21-12-28-54-58(41)42-17-4-7-26-52(42)65-54)63-60(62-48)44-22-13-29-55-59(44)43-18-5-8-27-53(43)66-55/h3-34H,1-2H3. The van der Waals surface area contributed by atoms with Crippen LogP contribution in [0, 0.1) is 0 Å². The summed E-state index contributed by atoms with van der Waals surface area (Å²) in [6.45, 7) is 4.69. The molecule has 0 spiro atoms. The summed E-state index contributed by atoms with van der Waals surface area (Å²) >= 11 is 3.64. The topological polar surface area (TPSA) is 38.9 Å². The van der Waals surface area contributed by atoms with E-state index in [0.29, 0.717) is 5.82 Å². The molecule has 0 atom stereocenters. The van der Waals surface area contributed by atoms with E-state index in [1.807, 2.05) is 22.7 Å². The molecule has 0 N–H and O–H groups in total. The first kappa shape index (κ1) is 37.7. The molecule has 0 unspecified atom stereocenters. The van der Waals surface area contributed by atoms with Gasteiger partial charge < -0.3 is 4.42 Å². The number of furan rings is 1. The highest BCUT2D eigenvalue weighted by Gasteiger charge is 2.36. The molecule has 13 aromatic rings. The maximum absolute atomic E-state index is 6.68. The van der Waals surface area contributed by atoms with E-state index in [4.69, 9.17) is 14.4 Å². The summed E-state index contributed by atoms with van der Waals surface area (Å²) in [6.07, 6.45) is 0. The Bertz CT molecular complexity index is 4030. The van der Waals surface area contributed by atoms with Gasteiger partial charge in [-0.2, -0.15) is 0 Å². The van der Waals surface area contributed by atoms with Crippen molar-refractivity contribution in [1.82, 2.24) is 9.97 Å². The molecule has 0 aliphatic heterocycles. The Morgan fingerprint density at radius 3 is 1.70 bits per heavy atom. The second kappa shape index (κ2) is 14.1. The van der Waals surface area contributed by atoms with Crippen molar-refractivity contribution < 1.29 is 4.42 Å². The Kier molecular flexibility index (Phi) is 8.07. The molecule has 0 saturated heterocycles. The lowest BCUT2D eigenvalue weighted by Gasteiger charge is -2.21. The van der Waals surface area contributed by atoms with Gasteiger partial charge in [0, 0.05) is 73.2 Å². The molecule has 0 saturated carbocycles. The first-order valence-corrected chi connectivity index (χ1v) is 24.1. The number of aromatic nitrogens is 2. The Morgan fingerprint density at radius 2 is 0.924 bits per heavy atom. The Balaban J connectivity index is 0.971. The number of fused-ring (bicyclic) bond motifs is 12. The summed E-state index contributed by atoms with van der Waals surface area (Å²) in [5, 5.41) is 6.97. The average molecular weight is 879 g/mol. The minimum Gasteiger partial charge on any atom is -0.456 e. The third-order valence-corrected chi connectivity index (χ3v) is 16.2. The number of benzene rings is 9. The van der Waals surface area contributed by atoms with Crippen molar-refractivity contribution in [2.45, 2.75) is 19.3 Å². The molecule has 3 nitrogen and oxygen atoms in total. The zero-order chi connectivity index (χ0) is 43.7. The molecule has 4 heterocycles. The van der Waals surface area contributed by atoms with Gasteiger partial charge in [-0.05, 0) is 99.1 Å². The fourth-order valence-corrected chi connectivity index (χ4v) is 13.1. The predicted octanol–water partition coefficient (Wildman–Crippen LogP) is 17.8. The molecule has 1 aliphatic carbocycles. The van der Waals surface area contributed by atoms with E-state index in [0.717, 1.165) is 61.1 Å². The van der Waals surface area contributed by atoms with E-state index in [2.05, 4.69) is 208 Å². The van der Waals surface area contributed by atoms with Gasteiger partial charge in [-0.1, -0.05) is 153 Å². The summed E-state index contributed by atoms with van der Waals surface area (Å²) in [5.41, 5.74) is 16.7. The van der Waals surface area contributed by atoms with E-state index in [1.54, 1.807) is 0 Å². The van der Waals surface area contributed by atoms with Gasteiger partial charge in [-0.25, -0.2) is 9.97 Å². The van der Waals surface area contributed by atoms with E-state index >= 15 is 0 Å². The highest BCUT2D eigenvalue weighted by molar-refractivity contribution is 7.26. The van der Waals surface area contributed by atoms with E-state index in [1.165, 1.54) is 73.7 Å². The van der Waals surface area contributed by atoms with E-state index in [9.17, 15) is 0 Å². The molecule has 14 rings (SSSR count). The van der Waals surface area contributed by atoms with Gasteiger partial charge in [0.1, 0.15) is 11.2 Å². The van der Waals surface area contributed by atoms with E-state index < -0.39 is 0 Å². The van der Waals surface area contributed by atoms with Crippen LogP contribution in [0.15, 0.2) is 199 Å². The van der Waals surface area contributed by atoms with Gasteiger partial charge in [0.15, 0.2) is 5.82 Å². The lowest BCUT2D eigenvalue weighted by Crippen LogP contribution is -2.14. The molecule has 9 aromatic carbocycles. The highest BCUT2D eigenvalue weighted by Crippen LogP contribution is 2.52. The largest absolute Gasteiger partial charge is 0.456 e. The summed E-state index contributed by atoms with van der Waals surface area (Å²) in [7, 11) is 0. The molecule has 1 aliphatic rings. The fourth-order valence-electron chi connectivity index (χ4n) is 10.9. The molecule has 4 aromatic heterocycles. The average Bonchev–Trinajstić information content (AvgIpc) is 4.12. The van der Waals surface area contributed by atoms with Crippen LogP contribution in [0.1, 0.15) is 25.0 Å². The van der Waals surface area contributed by atoms with Crippen molar-refractivity contribution in [2.24, 2.45) is 0 Å². The van der Waals surface area contributed by atoms with Crippen LogP contribution in [0.25, 0.3) is 130 Å². The summed E-state index contributed by atoms with van der Waals surface area (Å²) in [5.74, 6) is 0.703. The van der Waals surface area contributed by atoms with Crippen molar-refractivity contribution in [3.63, 3.8) is 0 Å². The highest BCUT2D eigenvalue weighted by atomic mass is 32.1. The first-order chi connectivity index (χ1) is 32.5. The second-order valence-electron chi connectivity index (χ2n) is 18.0. The van der Waals surface area contributed by atoms with E-state index in [-0.39, 0.29) is 5.41 Å². The Hall–Kier alpha value is -7.70. The first-order valence-electron chi connectivity index (χ1n) is 22.5. The van der Waals surface area contributed by atoms with Gasteiger partial charge in [-0.15, -0.1) is 22.7 Å².